The third-order valence-corrected chi connectivity index (χ3v) is 5.11. The van der Waals surface area contributed by atoms with Crippen LogP contribution >= 0.6 is 0 Å². The van der Waals surface area contributed by atoms with Crippen LogP contribution in [0.1, 0.15) is 31.9 Å². The second kappa shape index (κ2) is 7.89. The molecule has 140 valence electrons. The van der Waals surface area contributed by atoms with E-state index in [9.17, 15) is 5.11 Å². The minimum absolute atomic E-state index is 0.339. The van der Waals surface area contributed by atoms with E-state index in [1.807, 2.05) is 74.5 Å². The van der Waals surface area contributed by atoms with Crippen LogP contribution in [0.25, 0.3) is 0 Å². The Morgan fingerprint density at radius 3 is 2.04 bits per heavy atom. The lowest BCUT2D eigenvalue weighted by Crippen LogP contribution is -2.51. The molecule has 4 nitrogen and oxygen atoms in total. The highest BCUT2D eigenvalue weighted by atomic mass is 16.6. The van der Waals surface area contributed by atoms with E-state index in [2.05, 4.69) is 0 Å². The molecule has 0 amide bonds. The summed E-state index contributed by atoms with van der Waals surface area (Å²) in [7, 11) is 0. The van der Waals surface area contributed by atoms with Gasteiger partial charge in [0.15, 0.2) is 0 Å². The van der Waals surface area contributed by atoms with Crippen molar-refractivity contribution in [1.82, 2.24) is 0 Å². The summed E-state index contributed by atoms with van der Waals surface area (Å²) >= 11 is 0. The number of hydrogen-bond acceptors (Lipinski definition) is 4. The van der Waals surface area contributed by atoms with E-state index in [4.69, 9.17) is 14.2 Å². The summed E-state index contributed by atoms with van der Waals surface area (Å²) in [4.78, 5) is 0. The Bertz CT molecular complexity index is 686. The van der Waals surface area contributed by atoms with Gasteiger partial charge in [0.2, 0.25) is 0 Å². The highest BCUT2D eigenvalue weighted by molar-refractivity contribution is 5.15. The first-order valence-electron chi connectivity index (χ1n) is 9.09. The molecule has 0 saturated carbocycles. The lowest BCUT2D eigenvalue weighted by Gasteiger charge is -2.34. The average Bonchev–Trinajstić information content (AvgIpc) is 2.80. The number of ether oxygens (including phenoxy) is 3. The molecule has 0 radical (unpaired) electrons. The van der Waals surface area contributed by atoms with Crippen molar-refractivity contribution in [3.63, 3.8) is 0 Å². The van der Waals surface area contributed by atoms with Crippen molar-refractivity contribution in [2.24, 2.45) is 0 Å². The van der Waals surface area contributed by atoms with E-state index in [1.165, 1.54) is 0 Å². The SMILES string of the molecule is C[C@@H]1O[C@](C)(COCc2ccccc2)[C@H](OCc2ccccc2)[C@@]1(C)O. The maximum atomic E-state index is 10.9. The summed E-state index contributed by atoms with van der Waals surface area (Å²) in [6, 6.07) is 20.0. The fourth-order valence-electron chi connectivity index (χ4n) is 3.57. The van der Waals surface area contributed by atoms with Gasteiger partial charge in [0.1, 0.15) is 17.3 Å². The minimum Gasteiger partial charge on any atom is -0.385 e. The molecule has 4 atom stereocenters. The van der Waals surface area contributed by atoms with Gasteiger partial charge >= 0.3 is 0 Å². The summed E-state index contributed by atoms with van der Waals surface area (Å²) in [5.41, 5.74) is 0.373. The van der Waals surface area contributed by atoms with Crippen molar-refractivity contribution in [1.29, 1.82) is 0 Å². The van der Waals surface area contributed by atoms with E-state index in [0.29, 0.717) is 19.8 Å². The summed E-state index contributed by atoms with van der Waals surface area (Å²) in [6.45, 7) is 6.87. The topological polar surface area (TPSA) is 47.9 Å². The normalized spacial score (nSPS) is 31.2. The van der Waals surface area contributed by atoms with Gasteiger partial charge in [-0.05, 0) is 31.9 Å². The van der Waals surface area contributed by atoms with E-state index in [1.54, 1.807) is 6.92 Å². The second-order valence-corrected chi connectivity index (χ2v) is 7.45. The lowest BCUT2D eigenvalue weighted by atomic mass is 9.87. The van der Waals surface area contributed by atoms with Crippen molar-refractivity contribution >= 4 is 0 Å². The Labute approximate surface area is 155 Å². The number of rotatable bonds is 7. The van der Waals surface area contributed by atoms with Gasteiger partial charge in [-0.25, -0.2) is 0 Å². The fourth-order valence-corrected chi connectivity index (χ4v) is 3.57. The summed E-state index contributed by atoms with van der Waals surface area (Å²) < 4.78 is 18.2. The zero-order valence-corrected chi connectivity index (χ0v) is 15.7. The predicted molar refractivity (Wildman–Crippen MR) is 101 cm³/mol. The molecule has 1 aliphatic heterocycles. The minimum atomic E-state index is -1.08. The van der Waals surface area contributed by atoms with Crippen LogP contribution in [0.5, 0.6) is 0 Å². The van der Waals surface area contributed by atoms with Gasteiger partial charge in [-0.15, -0.1) is 0 Å². The standard InChI is InChI=1S/C22H28O4/c1-17-22(3,23)20(25-15-19-12-8-5-9-13-19)21(2,26-17)16-24-14-18-10-6-4-7-11-18/h4-13,17,20,23H,14-16H2,1-3H3/t17-,20-,21+,22-/m0/s1. The first kappa shape index (κ1) is 19.1. The second-order valence-electron chi connectivity index (χ2n) is 7.45. The van der Waals surface area contributed by atoms with Crippen LogP contribution in [0.3, 0.4) is 0 Å². The summed E-state index contributed by atoms with van der Waals surface area (Å²) in [5.74, 6) is 0. The molecule has 0 spiro atoms. The highest BCUT2D eigenvalue weighted by Crippen LogP contribution is 2.41. The number of hydrogen-bond donors (Lipinski definition) is 1. The zero-order chi connectivity index (χ0) is 18.6. The molecule has 1 saturated heterocycles. The first-order valence-corrected chi connectivity index (χ1v) is 9.09. The lowest BCUT2D eigenvalue weighted by molar-refractivity contribution is -0.143. The first-order chi connectivity index (χ1) is 12.4. The number of benzene rings is 2. The molecule has 26 heavy (non-hydrogen) atoms. The van der Waals surface area contributed by atoms with Crippen LogP contribution in [0.2, 0.25) is 0 Å². The molecule has 0 bridgehead atoms. The Balaban J connectivity index is 1.66. The number of aliphatic hydroxyl groups is 1. The Morgan fingerprint density at radius 1 is 0.923 bits per heavy atom. The van der Waals surface area contributed by atoms with E-state index >= 15 is 0 Å². The summed E-state index contributed by atoms with van der Waals surface area (Å²) in [5, 5.41) is 10.9. The van der Waals surface area contributed by atoms with Gasteiger partial charge in [-0.1, -0.05) is 60.7 Å². The van der Waals surface area contributed by atoms with Crippen molar-refractivity contribution in [3.05, 3.63) is 71.8 Å². The molecule has 1 heterocycles. The van der Waals surface area contributed by atoms with Crippen LogP contribution in [-0.2, 0) is 27.4 Å². The molecule has 3 rings (SSSR count). The molecule has 0 aromatic heterocycles. The Morgan fingerprint density at radius 2 is 1.46 bits per heavy atom. The fraction of sp³-hybridized carbons (Fsp3) is 0.455. The summed E-state index contributed by atoms with van der Waals surface area (Å²) in [6.07, 6.45) is -0.824. The van der Waals surface area contributed by atoms with Gasteiger partial charge in [0.05, 0.1) is 25.9 Å². The highest BCUT2D eigenvalue weighted by Gasteiger charge is 2.58. The molecule has 1 N–H and O–H groups in total. The van der Waals surface area contributed by atoms with Crippen LogP contribution in [0.15, 0.2) is 60.7 Å². The van der Waals surface area contributed by atoms with Crippen LogP contribution in [0, 0.1) is 0 Å². The molecule has 0 aliphatic carbocycles. The van der Waals surface area contributed by atoms with E-state index in [0.717, 1.165) is 11.1 Å². The molecule has 1 aliphatic rings. The molecule has 0 unspecified atom stereocenters. The van der Waals surface area contributed by atoms with E-state index < -0.39 is 17.3 Å². The molecule has 4 heteroatoms. The smallest absolute Gasteiger partial charge is 0.120 e. The third-order valence-electron chi connectivity index (χ3n) is 5.11. The van der Waals surface area contributed by atoms with Crippen molar-refractivity contribution in [2.45, 2.75) is 57.4 Å². The molecular formula is C22H28O4. The molecule has 1 fully saturated rings. The Kier molecular flexibility index (Phi) is 5.78. The van der Waals surface area contributed by atoms with Gasteiger partial charge in [0, 0.05) is 0 Å². The van der Waals surface area contributed by atoms with Crippen LogP contribution in [0.4, 0.5) is 0 Å². The Hall–Kier alpha value is -1.72. The quantitative estimate of drug-likeness (QED) is 0.821. The van der Waals surface area contributed by atoms with Crippen molar-refractivity contribution in [3.8, 4) is 0 Å². The largest absolute Gasteiger partial charge is 0.385 e. The van der Waals surface area contributed by atoms with Crippen LogP contribution in [-0.4, -0.2) is 35.1 Å². The predicted octanol–water partition coefficient (Wildman–Crippen LogP) is 3.72. The van der Waals surface area contributed by atoms with Crippen LogP contribution < -0.4 is 0 Å². The monoisotopic (exact) mass is 356 g/mol. The van der Waals surface area contributed by atoms with Gasteiger partial charge in [-0.3, -0.25) is 0 Å². The van der Waals surface area contributed by atoms with E-state index in [-0.39, 0.29) is 6.10 Å². The van der Waals surface area contributed by atoms with Gasteiger partial charge in [0.25, 0.3) is 0 Å². The molecular weight excluding hydrogens is 328 g/mol. The maximum Gasteiger partial charge on any atom is 0.120 e. The van der Waals surface area contributed by atoms with Crippen molar-refractivity contribution < 1.29 is 19.3 Å². The van der Waals surface area contributed by atoms with Crippen molar-refractivity contribution in [2.75, 3.05) is 6.61 Å². The molecule has 2 aromatic rings. The van der Waals surface area contributed by atoms with Gasteiger partial charge in [-0.2, -0.15) is 0 Å². The maximum absolute atomic E-state index is 10.9. The molecule has 2 aromatic carbocycles. The average molecular weight is 356 g/mol. The van der Waals surface area contributed by atoms with Gasteiger partial charge < -0.3 is 19.3 Å². The third kappa shape index (κ3) is 4.15. The zero-order valence-electron chi connectivity index (χ0n) is 15.7.